The molecule has 0 unspecified atom stereocenters. The van der Waals surface area contributed by atoms with Crippen LogP contribution in [0, 0.1) is 6.92 Å². The maximum atomic E-state index is 13.2. The third kappa shape index (κ3) is 2.97. The second-order valence-corrected chi connectivity index (χ2v) is 6.35. The van der Waals surface area contributed by atoms with E-state index in [2.05, 4.69) is 0 Å². The van der Waals surface area contributed by atoms with E-state index in [4.69, 9.17) is 4.74 Å². The highest BCUT2D eigenvalue weighted by Gasteiger charge is 2.27. The van der Waals surface area contributed by atoms with Crippen molar-refractivity contribution in [2.45, 2.75) is 38.0 Å². The molecule has 0 spiro atoms. The van der Waals surface area contributed by atoms with Gasteiger partial charge < -0.3 is 4.74 Å². The van der Waals surface area contributed by atoms with Crippen LogP contribution in [0.3, 0.4) is 0 Å². The number of methoxy groups -OCH3 is 1. The van der Waals surface area contributed by atoms with E-state index in [0.29, 0.717) is 11.1 Å². The first kappa shape index (κ1) is 14.0. The summed E-state index contributed by atoms with van der Waals surface area (Å²) in [7, 11) is -3.43. The number of halogens is 1. The summed E-state index contributed by atoms with van der Waals surface area (Å²) in [5, 5.41) is 0. The Kier molecular flexibility index (Phi) is 3.52. The number of ether oxygens (including phenoxy) is 1. The first-order valence-electron chi connectivity index (χ1n) is 5.21. The standard InChI is InChI=1S/C12H17FO3S/c1-8-6-9(12(2,3)4)11(16-5)10(7-8)17(13,14)15/h6-7H,1-5H3. The van der Waals surface area contributed by atoms with Gasteiger partial charge in [-0.15, -0.1) is 3.89 Å². The molecule has 17 heavy (non-hydrogen) atoms. The minimum atomic E-state index is -4.78. The lowest BCUT2D eigenvalue weighted by Crippen LogP contribution is -2.15. The van der Waals surface area contributed by atoms with Gasteiger partial charge in [-0.2, -0.15) is 8.42 Å². The lowest BCUT2D eigenvalue weighted by atomic mass is 9.85. The van der Waals surface area contributed by atoms with E-state index in [1.54, 1.807) is 6.92 Å². The fourth-order valence-electron chi connectivity index (χ4n) is 1.69. The number of rotatable bonds is 2. The van der Waals surface area contributed by atoms with Gasteiger partial charge in [-0.1, -0.05) is 26.8 Å². The lowest BCUT2D eigenvalue weighted by molar-refractivity contribution is 0.384. The van der Waals surface area contributed by atoms with Crippen molar-refractivity contribution in [3.63, 3.8) is 0 Å². The van der Waals surface area contributed by atoms with Gasteiger partial charge in [0.15, 0.2) is 0 Å². The van der Waals surface area contributed by atoms with Crippen molar-refractivity contribution in [2.24, 2.45) is 0 Å². The Labute approximate surface area is 102 Å². The first-order chi connectivity index (χ1) is 7.57. The van der Waals surface area contributed by atoms with Crippen LogP contribution in [0.15, 0.2) is 17.0 Å². The number of hydrogen-bond donors (Lipinski definition) is 0. The molecule has 0 bridgehead atoms. The largest absolute Gasteiger partial charge is 0.495 e. The van der Waals surface area contributed by atoms with Crippen molar-refractivity contribution in [1.82, 2.24) is 0 Å². The molecule has 0 aliphatic rings. The van der Waals surface area contributed by atoms with Crippen LogP contribution in [0.4, 0.5) is 3.89 Å². The molecule has 0 aromatic heterocycles. The molecule has 96 valence electrons. The summed E-state index contributed by atoms with van der Waals surface area (Å²) in [5.41, 5.74) is 1.04. The Morgan fingerprint density at radius 1 is 1.24 bits per heavy atom. The quantitative estimate of drug-likeness (QED) is 0.768. The third-order valence-electron chi connectivity index (χ3n) is 2.47. The molecular weight excluding hydrogens is 243 g/mol. The van der Waals surface area contributed by atoms with Gasteiger partial charge in [0.2, 0.25) is 0 Å². The Balaban J connectivity index is 3.70. The van der Waals surface area contributed by atoms with Crippen LogP contribution in [0.1, 0.15) is 31.9 Å². The first-order valence-corrected chi connectivity index (χ1v) is 6.59. The molecule has 0 amide bonds. The number of benzene rings is 1. The Hall–Kier alpha value is -1.10. The van der Waals surface area contributed by atoms with Gasteiger partial charge in [0, 0.05) is 5.56 Å². The molecule has 0 N–H and O–H groups in total. The second-order valence-electron chi connectivity index (χ2n) is 5.03. The summed E-state index contributed by atoms with van der Waals surface area (Å²) < 4.78 is 40.5. The predicted octanol–water partition coefficient (Wildman–Crippen LogP) is 2.96. The van der Waals surface area contributed by atoms with Crippen molar-refractivity contribution < 1.29 is 17.0 Å². The topological polar surface area (TPSA) is 43.4 Å². The van der Waals surface area contributed by atoms with E-state index < -0.39 is 15.1 Å². The second kappa shape index (κ2) is 4.29. The zero-order chi connectivity index (χ0) is 13.4. The van der Waals surface area contributed by atoms with Crippen molar-refractivity contribution in [1.29, 1.82) is 0 Å². The molecule has 0 saturated heterocycles. The third-order valence-corrected chi connectivity index (χ3v) is 3.30. The molecule has 0 atom stereocenters. The normalized spacial score (nSPS) is 12.6. The van der Waals surface area contributed by atoms with Gasteiger partial charge in [-0.3, -0.25) is 0 Å². The summed E-state index contributed by atoms with van der Waals surface area (Å²) >= 11 is 0. The van der Waals surface area contributed by atoms with Crippen LogP contribution in [0.5, 0.6) is 5.75 Å². The summed E-state index contributed by atoms with van der Waals surface area (Å²) in [4.78, 5) is -0.398. The highest BCUT2D eigenvalue weighted by Crippen LogP contribution is 2.37. The Morgan fingerprint density at radius 2 is 1.76 bits per heavy atom. The monoisotopic (exact) mass is 260 g/mol. The van der Waals surface area contributed by atoms with Gasteiger partial charge in [0.05, 0.1) is 7.11 Å². The van der Waals surface area contributed by atoms with Crippen LogP contribution in [0.2, 0.25) is 0 Å². The van der Waals surface area contributed by atoms with Crippen LogP contribution in [-0.2, 0) is 15.6 Å². The molecule has 1 aromatic rings. The molecule has 5 heteroatoms. The molecule has 1 aromatic carbocycles. The highest BCUT2D eigenvalue weighted by molar-refractivity contribution is 7.86. The van der Waals surface area contributed by atoms with Crippen molar-refractivity contribution in [3.8, 4) is 5.75 Å². The highest BCUT2D eigenvalue weighted by atomic mass is 32.3. The Morgan fingerprint density at radius 3 is 2.12 bits per heavy atom. The van der Waals surface area contributed by atoms with Gasteiger partial charge in [-0.05, 0) is 24.0 Å². The van der Waals surface area contributed by atoms with E-state index in [9.17, 15) is 12.3 Å². The van der Waals surface area contributed by atoms with E-state index in [1.807, 2.05) is 26.8 Å². The van der Waals surface area contributed by atoms with Crippen LogP contribution < -0.4 is 4.74 Å². The maximum absolute atomic E-state index is 13.2. The van der Waals surface area contributed by atoms with E-state index in [1.165, 1.54) is 13.2 Å². The van der Waals surface area contributed by atoms with Crippen molar-refractivity contribution >= 4 is 10.2 Å². The summed E-state index contributed by atoms with van der Waals surface area (Å²) in [5.74, 6) is 0.0885. The van der Waals surface area contributed by atoms with Crippen LogP contribution in [0.25, 0.3) is 0 Å². The van der Waals surface area contributed by atoms with Gasteiger partial charge >= 0.3 is 10.2 Å². The number of hydrogen-bond acceptors (Lipinski definition) is 3. The minimum Gasteiger partial charge on any atom is -0.495 e. The number of aryl methyl sites for hydroxylation is 1. The Bertz CT molecular complexity index is 527. The molecule has 0 aliphatic heterocycles. The van der Waals surface area contributed by atoms with Gasteiger partial charge in [-0.25, -0.2) is 0 Å². The van der Waals surface area contributed by atoms with E-state index >= 15 is 0 Å². The van der Waals surface area contributed by atoms with Crippen molar-refractivity contribution in [2.75, 3.05) is 7.11 Å². The summed E-state index contributed by atoms with van der Waals surface area (Å²) in [6.45, 7) is 7.47. The molecule has 0 fully saturated rings. The van der Waals surface area contributed by atoms with Crippen LogP contribution >= 0.6 is 0 Å². The zero-order valence-corrected chi connectivity index (χ0v) is 11.5. The zero-order valence-electron chi connectivity index (χ0n) is 10.7. The van der Waals surface area contributed by atoms with Crippen molar-refractivity contribution in [3.05, 3.63) is 23.3 Å². The molecule has 0 saturated carbocycles. The summed E-state index contributed by atoms with van der Waals surface area (Å²) in [6.07, 6.45) is 0. The molecule has 0 radical (unpaired) electrons. The maximum Gasteiger partial charge on any atom is 0.335 e. The summed E-state index contributed by atoms with van der Waals surface area (Å²) in [6, 6.07) is 3.09. The SMILES string of the molecule is COc1c(C(C)(C)C)cc(C)cc1S(=O)(=O)F. The molecule has 0 aliphatic carbocycles. The molecular formula is C12H17FO3S. The average Bonchev–Trinajstić information content (AvgIpc) is 2.13. The molecule has 0 heterocycles. The predicted molar refractivity (Wildman–Crippen MR) is 64.7 cm³/mol. The van der Waals surface area contributed by atoms with E-state index in [0.717, 1.165) is 0 Å². The lowest BCUT2D eigenvalue weighted by Gasteiger charge is -2.23. The average molecular weight is 260 g/mol. The minimum absolute atomic E-state index is 0.0885. The molecule has 1 rings (SSSR count). The fourth-order valence-corrected chi connectivity index (χ4v) is 2.43. The van der Waals surface area contributed by atoms with Gasteiger partial charge in [0.25, 0.3) is 0 Å². The van der Waals surface area contributed by atoms with Gasteiger partial charge in [0.1, 0.15) is 10.6 Å². The van der Waals surface area contributed by atoms with E-state index in [-0.39, 0.29) is 11.2 Å². The van der Waals surface area contributed by atoms with Crippen LogP contribution in [-0.4, -0.2) is 15.5 Å². The molecule has 3 nitrogen and oxygen atoms in total. The fraction of sp³-hybridized carbons (Fsp3) is 0.500. The smallest absolute Gasteiger partial charge is 0.335 e.